The van der Waals surface area contributed by atoms with Crippen LogP contribution < -0.4 is 5.63 Å². The van der Waals surface area contributed by atoms with Crippen molar-refractivity contribution in [2.45, 2.75) is 6.92 Å². The first kappa shape index (κ1) is 18.8. The lowest BCUT2D eigenvalue weighted by atomic mass is 10.1. The molecule has 0 radical (unpaired) electrons. The van der Waals surface area contributed by atoms with Gasteiger partial charge in [0.2, 0.25) is 0 Å². The molecule has 1 aromatic carbocycles. The number of rotatable bonds is 2. The molecule has 10 heteroatoms. The number of nitriles is 1. The van der Waals surface area contributed by atoms with E-state index in [0.29, 0.717) is 42.3 Å². The number of halogens is 3. The van der Waals surface area contributed by atoms with E-state index in [4.69, 9.17) is 21.3 Å². The predicted molar refractivity (Wildman–Crippen MR) is 110 cm³/mol. The van der Waals surface area contributed by atoms with Crippen LogP contribution in [-0.2, 0) is 0 Å². The van der Waals surface area contributed by atoms with E-state index in [9.17, 15) is 4.79 Å². The fraction of sp³-hybridized carbons (Fsp3) is 0.0556. The monoisotopic (exact) mass is 519 g/mol. The molecule has 0 fully saturated rings. The minimum absolute atomic E-state index is 0.0390. The van der Waals surface area contributed by atoms with Crippen molar-refractivity contribution < 1.29 is 4.42 Å². The number of aromatic nitrogens is 4. The summed E-state index contributed by atoms with van der Waals surface area (Å²) in [6, 6.07) is 8.52. The summed E-state index contributed by atoms with van der Waals surface area (Å²) in [6.07, 6.45) is 1.58. The van der Waals surface area contributed by atoms with Crippen LogP contribution in [0.1, 0.15) is 11.1 Å². The Bertz CT molecular complexity index is 1360. The number of pyridine rings is 1. The van der Waals surface area contributed by atoms with Gasteiger partial charge in [0, 0.05) is 6.20 Å². The molecule has 3 heterocycles. The first-order chi connectivity index (χ1) is 13.4. The Balaban J connectivity index is 2.05. The molecule has 0 bridgehead atoms. The Morgan fingerprint density at radius 1 is 1.32 bits per heavy atom. The summed E-state index contributed by atoms with van der Waals surface area (Å²) >= 11 is 13.1. The number of nitrogens with zero attached hydrogens (tertiary/aromatic N) is 5. The van der Waals surface area contributed by atoms with Crippen LogP contribution in [0.15, 0.2) is 48.7 Å². The van der Waals surface area contributed by atoms with Crippen LogP contribution in [0.3, 0.4) is 0 Å². The van der Waals surface area contributed by atoms with Gasteiger partial charge in [0.15, 0.2) is 5.82 Å². The van der Waals surface area contributed by atoms with Gasteiger partial charge in [-0.15, -0.1) is 0 Å². The Hall–Kier alpha value is -2.54. The van der Waals surface area contributed by atoms with Crippen molar-refractivity contribution >= 4 is 54.4 Å². The van der Waals surface area contributed by atoms with E-state index in [0.717, 1.165) is 0 Å². The van der Waals surface area contributed by atoms with Gasteiger partial charge in [0.1, 0.15) is 10.3 Å². The van der Waals surface area contributed by atoms with Crippen LogP contribution in [0, 0.1) is 18.3 Å². The van der Waals surface area contributed by atoms with E-state index in [1.807, 2.05) is 6.07 Å². The Labute approximate surface area is 179 Å². The summed E-state index contributed by atoms with van der Waals surface area (Å²) in [7, 11) is 0. The van der Waals surface area contributed by atoms with Crippen molar-refractivity contribution in [1.29, 1.82) is 5.26 Å². The lowest BCUT2D eigenvalue weighted by Gasteiger charge is -2.08. The Morgan fingerprint density at radius 3 is 2.82 bits per heavy atom. The van der Waals surface area contributed by atoms with Gasteiger partial charge in [-0.05, 0) is 68.6 Å². The van der Waals surface area contributed by atoms with E-state index >= 15 is 0 Å². The largest absolute Gasteiger partial charge is 0.401 e. The van der Waals surface area contributed by atoms with Gasteiger partial charge in [0.25, 0.3) is 5.89 Å². The van der Waals surface area contributed by atoms with Gasteiger partial charge < -0.3 is 4.42 Å². The minimum Gasteiger partial charge on any atom is -0.401 e. The molecule has 0 spiro atoms. The maximum Gasteiger partial charge on any atom is 0.347 e. The highest BCUT2D eigenvalue weighted by atomic mass is 79.9. The zero-order chi connectivity index (χ0) is 20.0. The first-order valence-corrected chi connectivity index (χ1v) is 9.78. The summed E-state index contributed by atoms with van der Waals surface area (Å²) in [5.74, 6) is 0.392. The normalized spacial score (nSPS) is 11.0. The third-order valence-corrected chi connectivity index (χ3v) is 6.12. The summed E-state index contributed by atoms with van der Waals surface area (Å²) < 4.78 is 7.89. The molecule has 0 saturated heterocycles. The van der Waals surface area contributed by atoms with Crippen molar-refractivity contribution in [2.75, 3.05) is 0 Å². The van der Waals surface area contributed by atoms with E-state index in [-0.39, 0.29) is 11.3 Å². The van der Waals surface area contributed by atoms with Crippen LogP contribution in [0.4, 0.5) is 0 Å². The maximum absolute atomic E-state index is 12.6. The fourth-order valence-corrected chi connectivity index (χ4v) is 3.72. The van der Waals surface area contributed by atoms with Gasteiger partial charge in [-0.2, -0.15) is 10.4 Å². The van der Waals surface area contributed by atoms with Gasteiger partial charge in [-0.1, -0.05) is 11.6 Å². The highest BCUT2D eigenvalue weighted by molar-refractivity contribution is 9.13. The zero-order valence-electron chi connectivity index (χ0n) is 14.1. The van der Waals surface area contributed by atoms with Crippen molar-refractivity contribution in [2.24, 2.45) is 0 Å². The highest BCUT2D eigenvalue weighted by Gasteiger charge is 2.24. The van der Waals surface area contributed by atoms with Crippen molar-refractivity contribution in [3.63, 3.8) is 0 Å². The van der Waals surface area contributed by atoms with E-state index in [2.05, 4.69) is 46.9 Å². The molecule has 0 aliphatic carbocycles. The van der Waals surface area contributed by atoms with Crippen LogP contribution in [0.25, 0.3) is 28.3 Å². The third kappa shape index (κ3) is 3.03. The minimum atomic E-state index is -0.608. The van der Waals surface area contributed by atoms with Crippen LogP contribution in [0.5, 0.6) is 0 Å². The molecular weight excluding hydrogens is 513 g/mol. The van der Waals surface area contributed by atoms with E-state index in [1.54, 1.807) is 31.3 Å². The van der Waals surface area contributed by atoms with Crippen molar-refractivity contribution in [3.8, 4) is 23.5 Å². The second-order valence-corrected chi connectivity index (χ2v) is 7.73. The molecular formula is C18H8Br2ClN5O2. The SMILES string of the molecule is Cc1cc(C#N)cc2c(=O)oc(-c3c(Br)c(Br)nn3-c3ncccc3Cl)nc12. The Morgan fingerprint density at radius 2 is 2.11 bits per heavy atom. The van der Waals surface area contributed by atoms with Gasteiger partial charge in [0.05, 0.1) is 32.0 Å². The lowest BCUT2D eigenvalue weighted by Crippen LogP contribution is -2.08. The topological polar surface area (TPSA) is 97.6 Å². The van der Waals surface area contributed by atoms with Crippen molar-refractivity contribution in [1.82, 2.24) is 19.7 Å². The highest BCUT2D eigenvalue weighted by Crippen LogP contribution is 2.36. The first-order valence-electron chi connectivity index (χ1n) is 7.81. The lowest BCUT2D eigenvalue weighted by molar-refractivity contribution is 0.513. The number of aryl methyl sites for hydroxylation is 1. The standard InChI is InChI=1S/C18H8Br2ClN5O2/c1-8-5-9(7-22)6-10-13(8)24-17(28-18(10)27)14-12(19)15(20)25-26(14)16-11(21)3-2-4-23-16/h2-6H,1H3. The number of hydrogen-bond donors (Lipinski definition) is 0. The molecule has 28 heavy (non-hydrogen) atoms. The molecule has 138 valence electrons. The average molecular weight is 522 g/mol. The predicted octanol–water partition coefficient (Wildman–Crippen LogP) is 4.79. The molecule has 0 unspecified atom stereocenters. The van der Waals surface area contributed by atoms with Gasteiger partial charge in [-0.3, -0.25) is 0 Å². The zero-order valence-corrected chi connectivity index (χ0v) is 18.0. The molecule has 0 amide bonds. The molecule has 4 aromatic rings. The number of benzene rings is 1. The smallest absolute Gasteiger partial charge is 0.347 e. The van der Waals surface area contributed by atoms with Gasteiger partial charge >= 0.3 is 5.63 Å². The molecule has 0 atom stereocenters. The molecule has 0 aliphatic heterocycles. The maximum atomic E-state index is 12.6. The molecule has 3 aromatic heterocycles. The Kier molecular flexibility index (Phi) is 4.79. The van der Waals surface area contributed by atoms with Crippen molar-refractivity contribution in [3.05, 3.63) is 66.1 Å². The number of fused-ring (bicyclic) bond motifs is 1. The second-order valence-electron chi connectivity index (χ2n) is 5.78. The quantitative estimate of drug-likeness (QED) is 0.376. The average Bonchev–Trinajstić information content (AvgIpc) is 2.97. The van der Waals surface area contributed by atoms with Crippen LogP contribution in [0.2, 0.25) is 5.02 Å². The number of hydrogen-bond acceptors (Lipinski definition) is 6. The summed E-state index contributed by atoms with van der Waals surface area (Å²) in [6.45, 7) is 1.78. The molecule has 7 nitrogen and oxygen atoms in total. The summed E-state index contributed by atoms with van der Waals surface area (Å²) in [4.78, 5) is 21.4. The van der Waals surface area contributed by atoms with Crippen LogP contribution in [-0.4, -0.2) is 19.7 Å². The van der Waals surface area contributed by atoms with E-state index < -0.39 is 5.63 Å². The van der Waals surface area contributed by atoms with Crippen LogP contribution >= 0.6 is 43.5 Å². The fourth-order valence-electron chi connectivity index (χ4n) is 2.76. The summed E-state index contributed by atoms with van der Waals surface area (Å²) in [5.41, 5.74) is 1.24. The molecule has 0 saturated carbocycles. The summed E-state index contributed by atoms with van der Waals surface area (Å²) in [5, 5.41) is 14.1. The second kappa shape index (κ2) is 7.13. The van der Waals surface area contributed by atoms with E-state index in [1.165, 1.54) is 10.7 Å². The van der Waals surface area contributed by atoms with Gasteiger partial charge in [-0.25, -0.2) is 19.4 Å². The molecule has 0 N–H and O–H groups in total. The third-order valence-electron chi connectivity index (χ3n) is 3.98. The molecule has 4 rings (SSSR count). The molecule has 0 aliphatic rings.